The molecule has 0 aromatic heterocycles. The molecule has 3 N–H and O–H groups in total. The summed E-state index contributed by atoms with van der Waals surface area (Å²) in [7, 11) is 0. The van der Waals surface area contributed by atoms with Gasteiger partial charge < -0.3 is 10.6 Å². The highest BCUT2D eigenvalue weighted by Gasteiger charge is 2.48. The van der Waals surface area contributed by atoms with Gasteiger partial charge in [0.25, 0.3) is 5.91 Å². The molecule has 1 saturated heterocycles. The molecule has 2 aliphatic rings. The van der Waals surface area contributed by atoms with Gasteiger partial charge in [-0.1, -0.05) is 18.2 Å². The normalized spacial score (nSPS) is 29.3. The molecule has 1 amide bonds. The van der Waals surface area contributed by atoms with Gasteiger partial charge in [-0.25, -0.2) is 0 Å². The van der Waals surface area contributed by atoms with Gasteiger partial charge in [0.2, 0.25) is 0 Å². The lowest BCUT2D eigenvalue weighted by Crippen LogP contribution is -2.45. The molecule has 3 rings (SSSR count). The van der Waals surface area contributed by atoms with Crippen LogP contribution in [-0.2, 0) is 10.3 Å². The lowest BCUT2D eigenvalue weighted by molar-refractivity contribution is -0.121. The number of carbonyl (C=O) groups is 1. The molecule has 0 saturated carbocycles. The standard InChI is InChI=1S/C10H11N3O/c14-9-10(5-11-6-12-10)7-3-1-2-4-8(7)13-9/h1-4,11-12H,5-6H2,(H,13,14). The number of rotatable bonds is 0. The van der Waals surface area contributed by atoms with Crippen molar-refractivity contribution in [2.75, 3.05) is 18.5 Å². The second-order valence-corrected chi connectivity index (χ2v) is 3.69. The smallest absolute Gasteiger partial charge is 0.250 e. The van der Waals surface area contributed by atoms with Crippen molar-refractivity contribution in [3.05, 3.63) is 29.8 Å². The van der Waals surface area contributed by atoms with Gasteiger partial charge in [0.15, 0.2) is 0 Å². The van der Waals surface area contributed by atoms with E-state index in [-0.39, 0.29) is 5.91 Å². The van der Waals surface area contributed by atoms with E-state index in [1.165, 1.54) is 0 Å². The number of para-hydroxylation sites is 1. The van der Waals surface area contributed by atoms with Crippen molar-refractivity contribution in [1.82, 2.24) is 10.6 Å². The molecular weight excluding hydrogens is 178 g/mol. The SMILES string of the molecule is O=C1Nc2ccccc2C12CNCN2. The Morgan fingerprint density at radius 2 is 2.14 bits per heavy atom. The Morgan fingerprint density at radius 1 is 1.29 bits per heavy atom. The molecule has 1 atom stereocenters. The van der Waals surface area contributed by atoms with E-state index < -0.39 is 5.54 Å². The summed E-state index contributed by atoms with van der Waals surface area (Å²) < 4.78 is 0. The quantitative estimate of drug-likeness (QED) is 0.538. The molecule has 0 radical (unpaired) electrons. The zero-order valence-corrected chi connectivity index (χ0v) is 7.63. The van der Waals surface area contributed by atoms with Gasteiger partial charge in [-0.3, -0.25) is 10.1 Å². The van der Waals surface area contributed by atoms with Crippen LogP contribution in [-0.4, -0.2) is 19.1 Å². The van der Waals surface area contributed by atoms with Gasteiger partial charge in [-0.2, -0.15) is 0 Å². The Morgan fingerprint density at radius 3 is 2.93 bits per heavy atom. The molecule has 2 heterocycles. The fourth-order valence-electron chi connectivity index (χ4n) is 2.19. The first kappa shape index (κ1) is 7.96. The Balaban J connectivity index is 2.18. The fraction of sp³-hybridized carbons (Fsp3) is 0.300. The van der Waals surface area contributed by atoms with Crippen LogP contribution >= 0.6 is 0 Å². The molecule has 1 fully saturated rings. The van der Waals surface area contributed by atoms with Crippen LogP contribution < -0.4 is 16.0 Å². The molecule has 1 spiro atoms. The van der Waals surface area contributed by atoms with Crippen molar-refractivity contribution in [3.63, 3.8) is 0 Å². The summed E-state index contributed by atoms with van der Waals surface area (Å²) in [5.41, 5.74) is 1.44. The number of hydrogen-bond donors (Lipinski definition) is 3. The van der Waals surface area contributed by atoms with Crippen molar-refractivity contribution >= 4 is 11.6 Å². The van der Waals surface area contributed by atoms with Crippen LogP contribution in [0.3, 0.4) is 0 Å². The average Bonchev–Trinajstić information content (AvgIpc) is 2.77. The number of fused-ring (bicyclic) bond motifs is 2. The number of carbonyl (C=O) groups excluding carboxylic acids is 1. The van der Waals surface area contributed by atoms with Gasteiger partial charge in [0.1, 0.15) is 5.54 Å². The molecule has 1 aromatic rings. The molecule has 72 valence electrons. The minimum atomic E-state index is -0.531. The molecule has 0 bridgehead atoms. The topological polar surface area (TPSA) is 53.2 Å². The maximum Gasteiger partial charge on any atom is 0.250 e. The van der Waals surface area contributed by atoms with E-state index in [9.17, 15) is 4.79 Å². The highest BCUT2D eigenvalue weighted by atomic mass is 16.2. The zero-order chi connectivity index (χ0) is 9.60. The summed E-state index contributed by atoms with van der Waals surface area (Å²) >= 11 is 0. The van der Waals surface area contributed by atoms with Gasteiger partial charge in [0.05, 0.1) is 0 Å². The maximum absolute atomic E-state index is 11.8. The summed E-state index contributed by atoms with van der Waals surface area (Å²) in [5, 5.41) is 9.26. The van der Waals surface area contributed by atoms with Crippen LogP contribution in [0.4, 0.5) is 5.69 Å². The third-order valence-corrected chi connectivity index (χ3v) is 2.93. The fourth-order valence-corrected chi connectivity index (χ4v) is 2.19. The van der Waals surface area contributed by atoms with E-state index in [2.05, 4.69) is 16.0 Å². The monoisotopic (exact) mass is 189 g/mol. The zero-order valence-electron chi connectivity index (χ0n) is 7.63. The van der Waals surface area contributed by atoms with Crippen LogP contribution in [0.2, 0.25) is 0 Å². The molecule has 1 aromatic carbocycles. The minimum absolute atomic E-state index is 0.0451. The highest BCUT2D eigenvalue weighted by Crippen LogP contribution is 2.36. The number of anilines is 1. The van der Waals surface area contributed by atoms with E-state index in [1.54, 1.807) is 0 Å². The van der Waals surface area contributed by atoms with Crippen LogP contribution in [0.1, 0.15) is 5.56 Å². The molecule has 2 aliphatic heterocycles. The Hall–Kier alpha value is -1.39. The first-order valence-electron chi connectivity index (χ1n) is 4.70. The Labute approximate surface area is 81.7 Å². The third-order valence-electron chi connectivity index (χ3n) is 2.93. The molecule has 4 heteroatoms. The number of benzene rings is 1. The van der Waals surface area contributed by atoms with E-state index >= 15 is 0 Å². The first-order chi connectivity index (χ1) is 6.83. The van der Waals surface area contributed by atoms with E-state index in [0.29, 0.717) is 13.2 Å². The number of nitrogens with one attached hydrogen (secondary N) is 3. The Kier molecular flexibility index (Phi) is 1.45. The van der Waals surface area contributed by atoms with Gasteiger partial charge >= 0.3 is 0 Å². The summed E-state index contributed by atoms with van der Waals surface area (Å²) in [5.74, 6) is 0.0451. The predicted molar refractivity (Wildman–Crippen MR) is 52.8 cm³/mol. The Bertz CT molecular complexity index is 396. The number of amides is 1. The lowest BCUT2D eigenvalue weighted by atomic mass is 9.93. The molecule has 1 unspecified atom stereocenters. The summed E-state index contributed by atoms with van der Waals surface area (Å²) in [6, 6.07) is 7.82. The summed E-state index contributed by atoms with van der Waals surface area (Å²) in [6.07, 6.45) is 0. The molecular formula is C10H11N3O. The van der Waals surface area contributed by atoms with Gasteiger partial charge in [-0.15, -0.1) is 0 Å². The van der Waals surface area contributed by atoms with Gasteiger partial charge in [-0.05, 0) is 6.07 Å². The minimum Gasteiger partial charge on any atom is -0.324 e. The van der Waals surface area contributed by atoms with Crippen molar-refractivity contribution in [2.24, 2.45) is 0 Å². The highest BCUT2D eigenvalue weighted by molar-refractivity contribution is 6.06. The van der Waals surface area contributed by atoms with Gasteiger partial charge in [0, 0.05) is 24.5 Å². The van der Waals surface area contributed by atoms with E-state index in [1.807, 2.05) is 24.3 Å². The van der Waals surface area contributed by atoms with Crippen molar-refractivity contribution in [2.45, 2.75) is 5.54 Å². The van der Waals surface area contributed by atoms with Crippen LogP contribution in [0, 0.1) is 0 Å². The summed E-state index contributed by atoms with van der Waals surface area (Å²) in [4.78, 5) is 11.8. The molecule has 0 aliphatic carbocycles. The van der Waals surface area contributed by atoms with Crippen LogP contribution in [0.5, 0.6) is 0 Å². The van der Waals surface area contributed by atoms with Crippen molar-refractivity contribution in [1.29, 1.82) is 0 Å². The lowest BCUT2D eigenvalue weighted by Gasteiger charge is -2.19. The van der Waals surface area contributed by atoms with E-state index in [4.69, 9.17) is 0 Å². The van der Waals surface area contributed by atoms with Crippen LogP contribution in [0.25, 0.3) is 0 Å². The van der Waals surface area contributed by atoms with Crippen molar-refractivity contribution < 1.29 is 4.79 Å². The third kappa shape index (κ3) is 0.818. The first-order valence-corrected chi connectivity index (χ1v) is 4.70. The second kappa shape index (κ2) is 2.56. The molecule has 14 heavy (non-hydrogen) atoms. The van der Waals surface area contributed by atoms with Crippen molar-refractivity contribution in [3.8, 4) is 0 Å². The maximum atomic E-state index is 11.8. The average molecular weight is 189 g/mol. The second-order valence-electron chi connectivity index (χ2n) is 3.69. The van der Waals surface area contributed by atoms with E-state index in [0.717, 1.165) is 11.3 Å². The summed E-state index contributed by atoms with van der Waals surface area (Å²) in [6.45, 7) is 1.34. The molecule has 4 nitrogen and oxygen atoms in total. The van der Waals surface area contributed by atoms with Crippen LogP contribution in [0.15, 0.2) is 24.3 Å². The predicted octanol–water partition coefficient (Wildman–Crippen LogP) is -0.0157. The largest absolute Gasteiger partial charge is 0.324 e. The number of hydrogen-bond acceptors (Lipinski definition) is 3.